The molecule has 6 nitrogen and oxygen atoms in total. The molecule has 2 saturated heterocycles. The van der Waals surface area contributed by atoms with Crippen LogP contribution in [0.1, 0.15) is 29.9 Å². The molecule has 1 N–H and O–H groups in total. The lowest BCUT2D eigenvalue weighted by molar-refractivity contribution is -0.137. The number of amides is 1. The monoisotopic (exact) mass is 378 g/mol. The first-order valence-corrected chi connectivity index (χ1v) is 8.29. The lowest BCUT2D eigenvalue weighted by Gasteiger charge is -2.37. The summed E-state index contributed by atoms with van der Waals surface area (Å²) < 4.78 is 5.23. The summed E-state index contributed by atoms with van der Waals surface area (Å²) in [6.07, 6.45) is 2.15. The minimum atomic E-state index is 0. The maximum Gasteiger partial charge on any atom is 0.227 e. The van der Waals surface area contributed by atoms with E-state index < -0.39 is 0 Å². The Balaban J connectivity index is 0.00000144. The highest BCUT2D eigenvalue weighted by Crippen LogP contribution is 2.18. The Morgan fingerprint density at radius 1 is 1.25 bits per heavy atom. The smallest absolute Gasteiger partial charge is 0.227 e. The Bertz CT molecular complexity index is 505. The number of hydrogen-bond acceptors (Lipinski definition) is 5. The van der Waals surface area contributed by atoms with Crippen LogP contribution in [0.3, 0.4) is 0 Å². The number of piperidine rings is 1. The molecule has 0 aliphatic carbocycles. The molecule has 1 unspecified atom stereocenters. The number of piperazine rings is 1. The molecule has 3 heterocycles. The van der Waals surface area contributed by atoms with Crippen LogP contribution < -0.4 is 5.32 Å². The van der Waals surface area contributed by atoms with E-state index >= 15 is 0 Å². The van der Waals surface area contributed by atoms with E-state index in [1.54, 1.807) is 0 Å². The normalized spacial score (nSPS) is 21.8. The first-order chi connectivity index (χ1) is 10.6. The number of carbonyl (C=O) groups excluding carboxylic acids is 1. The van der Waals surface area contributed by atoms with Crippen LogP contribution >= 0.6 is 24.8 Å². The van der Waals surface area contributed by atoms with Gasteiger partial charge in [-0.3, -0.25) is 9.69 Å². The Morgan fingerprint density at radius 3 is 2.50 bits per heavy atom. The molecule has 2 fully saturated rings. The van der Waals surface area contributed by atoms with Crippen molar-refractivity contribution in [3.63, 3.8) is 0 Å². The summed E-state index contributed by atoms with van der Waals surface area (Å²) in [5, 5.41) is 7.34. The molecule has 1 aromatic rings. The zero-order valence-electron chi connectivity index (χ0n) is 14.4. The number of carbonyl (C=O) groups is 1. The van der Waals surface area contributed by atoms with Gasteiger partial charge in [0, 0.05) is 44.8 Å². The number of aromatic nitrogens is 1. The second-order valence-electron chi connectivity index (χ2n) is 6.45. The molecule has 8 heteroatoms. The number of nitrogens with one attached hydrogen (secondary N) is 1. The van der Waals surface area contributed by atoms with E-state index in [1.807, 2.05) is 18.7 Å². The standard InChI is InChI=1S/C16H26N4O2.2ClH/c1-12-15(13(2)22-18-12)11-19-6-8-20(9-7-19)16(21)14-4-3-5-17-10-14;;/h14,17H,3-11H2,1-2H3;2*1H. The van der Waals surface area contributed by atoms with Crippen molar-refractivity contribution in [2.75, 3.05) is 39.3 Å². The van der Waals surface area contributed by atoms with Crippen molar-refractivity contribution in [1.82, 2.24) is 20.3 Å². The van der Waals surface area contributed by atoms with Crippen molar-refractivity contribution in [2.24, 2.45) is 5.92 Å². The minimum Gasteiger partial charge on any atom is -0.361 e. The van der Waals surface area contributed by atoms with Crippen molar-refractivity contribution in [1.29, 1.82) is 0 Å². The lowest BCUT2D eigenvalue weighted by atomic mass is 9.98. The van der Waals surface area contributed by atoms with Crippen LogP contribution in [0, 0.1) is 19.8 Å². The van der Waals surface area contributed by atoms with E-state index in [9.17, 15) is 4.79 Å². The molecular weight excluding hydrogens is 351 g/mol. The highest BCUT2D eigenvalue weighted by molar-refractivity contribution is 5.85. The van der Waals surface area contributed by atoms with Crippen molar-refractivity contribution >= 4 is 30.7 Å². The van der Waals surface area contributed by atoms with Crippen LogP contribution in [-0.2, 0) is 11.3 Å². The van der Waals surface area contributed by atoms with Gasteiger partial charge in [-0.05, 0) is 33.2 Å². The maximum absolute atomic E-state index is 12.5. The average molecular weight is 379 g/mol. The molecular formula is C16H28Cl2N4O2. The fraction of sp³-hybridized carbons (Fsp3) is 0.750. The lowest BCUT2D eigenvalue weighted by Crippen LogP contribution is -2.51. The van der Waals surface area contributed by atoms with Crippen molar-refractivity contribution in [2.45, 2.75) is 33.2 Å². The van der Waals surface area contributed by atoms with Gasteiger partial charge < -0.3 is 14.7 Å². The molecule has 2 aliphatic rings. The summed E-state index contributed by atoms with van der Waals surface area (Å²) >= 11 is 0. The van der Waals surface area contributed by atoms with Gasteiger partial charge in [-0.25, -0.2) is 0 Å². The van der Waals surface area contributed by atoms with Crippen LogP contribution in [0.4, 0.5) is 0 Å². The number of aryl methyl sites for hydroxylation is 2. The Hall–Kier alpha value is -0.820. The molecule has 24 heavy (non-hydrogen) atoms. The number of rotatable bonds is 3. The van der Waals surface area contributed by atoms with Crippen LogP contribution in [-0.4, -0.2) is 60.1 Å². The highest BCUT2D eigenvalue weighted by Gasteiger charge is 2.28. The van der Waals surface area contributed by atoms with Crippen molar-refractivity contribution in [3.05, 3.63) is 17.0 Å². The molecule has 1 aromatic heterocycles. The zero-order valence-corrected chi connectivity index (χ0v) is 16.0. The predicted molar refractivity (Wildman–Crippen MR) is 97.9 cm³/mol. The quantitative estimate of drug-likeness (QED) is 0.868. The summed E-state index contributed by atoms with van der Waals surface area (Å²) in [6.45, 7) is 10.2. The first kappa shape index (κ1) is 21.2. The van der Waals surface area contributed by atoms with Gasteiger partial charge in [-0.2, -0.15) is 0 Å². The van der Waals surface area contributed by atoms with Gasteiger partial charge in [0.15, 0.2) is 0 Å². The van der Waals surface area contributed by atoms with E-state index in [0.717, 1.165) is 70.1 Å². The van der Waals surface area contributed by atoms with Gasteiger partial charge >= 0.3 is 0 Å². The molecule has 138 valence electrons. The number of hydrogen-bond donors (Lipinski definition) is 1. The predicted octanol–water partition coefficient (Wildman–Crippen LogP) is 1.78. The summed E-state index contributed by atoms with van der Waals surface area (Å²) in [7, 11) is 0. The Kier molecular flexibility index (Phi) is 8.50. The second-order valence-corrected chi connectivity index (χ2v) is 6.45. The van der Waals surface area contributed by atoms with E-state index in [0.29, 0.717) is 5.91 Å². The first-order valence-electron chi connectivity index (χ1n) is 8.29. The van der Waals surface area contributed by atoms with Crippen LogP contribution in [0.25, 0.3) is 0 Å². The third-order valence-electron chi connectivity index (χ3n) is 4.89. The minimum absolute atomic E-state index is 0. The van der Waals surface area contributed by atoms with Crippen LogP contribution in [0.2, 0.25) is 0 Å². The molecule has 0 saturated carbocycles. The van der Waals surface area contributed by atoms with Gasteiger partial charge in [0.2, 0.25) is 5.91 Å². The van der Waals surface area contributed by atoms with Gasteiger partial charge in [0.1, 0.15) is 5.76 Å². The van der Waals surface area contributed by atoms with E-state index in [-0.39, 0.29) is 30.7 Å². The van der Waals surface area contributed by atoms with E-state index in [4.69, 9.17) is 4.52 Å². The second kappa shape index (κ2) is 9.61. The summed E-state index contributed by atoms with van der Waals surface area (Å²) in [6, 6.07) is 0. The molecule has 1 amide bonds. The molecule has 3 rings (SSSR count). The topological polar surface area (TPSA) is 61.6 Å². The molecule has 2 aliphatic heterocycles. The van der Waals surface area contributed by atoms with Gasteiger partial charge in [0.25, 0.3) is 0 Å². The number of nitrogens with zero attached hydrogens (tertiary/aromatic N) is 3. The SMILES string of the molecule is Cc1noc(C)c1CN1CCN(C(=O)C2CCCNC2)CC1.Cl.Cl. The largest absolute Gasteiger partial charge is 0.361 e. The highest BCUT2D eigenvalue weighted by atomic mass is 35.5. The maximum atomic E-state index is 12.5. The summed E-state index contributed by atoms with van der Waals surface area (Å²) in [5.41, 5.74) is 2.17. The van der Waals surface area contributed by atoms with Crippen molar-refractivity contribution in [3.8, 4) is 0 Å². The summed E-state index contributed by atoms with van der Waals surface area (Å²) in [4.78, 5) is 17.0. The third kappa shape index (κ3) is 4.85. The van der Waals surface area contributed by atoms with Gasteiger partial charge in [0.05, 0.1) is 11.6 Å². The zero-order chi connectivity index (χ0) is 15.5. The van der Waals surface area contributed by atoms with E-state index in [2.05, 4.69) is 15.4 Å². The van der Waals surface area contributed by atoms with Crippen LogP contribution in [0.5, 0.6) is 0 Å². The molecule has 0 bridgehead atoms. The van der Waals surface area contributed by atoms with E-state index in [1.165, 1.54) is 5.56 Å². The third-order valence-corrected chi connectivity index (χ3v) is 4.89. The van der Waals surface area contributed by atoms with Crippen LogP contribution in [0.15, 0.2) is 4.52 Å². The molecule has 0 aromatic carbocycles. The molecule has 0 radical (unpaired) electrons. The van der Waals surface area contributed by atoms with Gasteiger partial charge in [-0.15, -0.1) is 24.8 Å². The Labute approximate surface area is 156 Å². The number of halogens is 2. The molecule has 1 atom stereocenters. The fourth-order valence-corrected chi connectivity index (χ4v) is 3.40. The summed E-state index contributed by atoms with van der Waals surface area (Å²) in [5.74, 6) is 1.43. The fourth-order valence-electron chi connectivity index (χ4n) is 3.40. The average Bonchev–Trinajstić information content (AvgIpc) is 2.88. The molecule has 0 spiro atoms. The van der Waals surface area contributed by atoms with Crippen molar-refractivity contribution < 1.29 is 9.32 Å². The Morgan fingerprint density at radius 2 is 1.96 bits per heavy atom. The van der Waals surface area contributed by atoms with Gasteiger partial charge in [-0.1, -0.05) is 5.16 Å².